The maximum absolute atomic E-state index is 15.1. The number of carbonyl (C=O) groups is 4. The van der Waals surface area contributed by atoms with Crippen LogP contribution in [0, 0.1) is 11.6 Å². The topological polar surface area (TPSA) is 154 Å². The first-order valence-electron chi connectivity index (χ1n) is 12.5. The molecule has 3 heterocycles. The van der Waals surface area contributed by atoms with Crippen LogP contribution in [0.25, 0.3) is 0 Å². The summed E-state index contributed by atoms with van der Waals surface area (Å²) in [6.45, 7) is 2.12. The van der Waals surface area contributed by atoms with Crippen molar-refractivity contribution in [3.05, 3.63) is 47.7 Å². The smallest absolute Gasteiger partial charge is 0.414 e. The van der Waals surface area contributed by atoms with Gasteiger partial charge in [0.05, 0.1) is 37.5 Å². The quantitative estimate of drug-likeness (QED) is 0.431. The third-order valence-corrected chi connectivity index (χ3v) is 6.30. The van der Waals surface area contributed by atoms with Crippen LogP contribution < -0.4 is 20.4 Å². The lowest BCUT2D eigenvalue weighted by Gasteiger charge is -2.36. The van der Waals surface area contributed by atoms with Crippen LogP contribution in [0.5, 0.6) is 5.88 Å². The molecular weight excluding hydrogens is 534 g/mol. The molecule has 0 spiro atoms. The number of piperazine rings is 1. The number of hydrogen-bond acceptors (Lipinski definition) is 9. The van der Waals surface area contributed by atoms with Gasteiger partial charge in [0, 0.05) is 50.6 Å². The summed E-state index contributed by atoms with van der Waals surface area (Å²) in [4.78, 5) is 56.0. The third kappa shape index (κ3) is 6.65. The Kier molecular flexibility index (Phi) is 8.81. The highest BCUT2D eigenvalue weighted by atomic mass is 19.1. The summed E-state index contributed by atoms with van der Waals surface area (Å²) < 4.78 is 40.1. The van der Waals surface area contributed by atoms with Crippen LogP contribution in [0.4, 0.5) is 29.7 Å². The van der Waals surface area contributed by atoms with Gasteiger partial charge in [-0.3, -0.25) is 14.5 Å². The summed E-state index contributed by atoms with van der Waals surface area (Å²) in [6.07, 6.45) is -1.02. The normalized spacial score (nSPS) is 16.9. The number of benzene rings is 1. The fraction of sp³-hybridized carbons (Fsp3) is 0.400. The molecule has 1 atom stereocenters. The van der Waals surface area contributed by atoms with E-state index in [9.17, 15) is 24.3 Å². The van der Waals surface area contributed by atoms with Crippen LogP contribution >= 0.6 is 0 Å². The lowest BCUT2D eigenvalue weighted by molar-refractivity contribution is -0.130. The first-order chi connectivity index (χ1) is 19.2. The average Bonchev–Trinajstić information content (AvgIpc) is 3.31. The number of hydrogen-bond donors (Lipinski definition) is 3. The van der Waals surface area contributed by atoms with Crippen LogP contribution in [0.3, 0.4) is 0 Å². The van der Waals surface area contributed by atoms with Crippen LogP contribution in [0.15, 0.2) is 30.5 Å². The van der Waals surface area contributed by atoms with E-state index in [0.717, 1.165) is 17.0 Å². The average molecular weight is 563 g/mol. The van der Waals surface area contributed by atoms with Crippen molar-refractivity contribution in [3.63, 3.8) is 0 Å². The second-order valence-electron chi connectivity index (χ2n) is 8.93. The summed E-state index contributed by atoms with van der Waals surface area (Å²) in [5, 5.41) is 14.1. The maximum Gasteiger partial charge on any atom is 0.414 e. The van der Waals surface area contributed by atoms with Gasteiger partial charge in [-0.15, -0.1) is 0 Å². The largest absolute Gasteiger partial charge is 0.493 e. The second-order valence-corrected chi connectivity index (χ2v) is 8.93. The fourth-order valence-corrected chi connectivity index (χ4v) is 4.30. The number of nitrogens with one attached hydrogen (secondary N) is 2. The number of carbonyl (C=O) groups excluding carboxylic acids is 4. The van der Waals surface area contributed by atoms with Crippen molar-refractivity contribution in [2.75, 3.05) is 62.2 Å². The molecule has 214 valence electrons. The number of pyridine rings is 1. The van der Waals surface area contributed by atoms with E-state index < -0.39 is 35.8 Å². The van der Waals surface area contributed by atoms with E-state index in [1.807, 2.05) is 0 Å². The number of aromatic nitrogens is 1. The van der Waals surface area contributed by atoms with Gasteiger partial charge in [-0.2, -0.15) is 0 Å². The first kappa shape index (κ1) is 28.3. The van der Waals surface area contributed by atoms with Crippen molar-refractivity contribution in [1.82, 2.24) is 20.5 Å². The number of ether oxygens (including phenoxy) is 2. The summed E-state index contributed by atoms with van der Waals surface area (Å²) in [5.41, 5.74) is -0.135. The van der Waals surface area contributed by atoms with Gasteiger partial charge < -0.3 is 35.0 Å². The summed E-state index contributed by atoms with van der Waals surface area (Å²) >= 11 is 0. The van der Waals surface area contributed by atoms with Crippen LogP contribution in [-0.2, 0) is 14.3 Å². The Bertz CT molecular complexity index is 1250. The molecule has 3 N–H and O–H groups in total. The molecule has 4 rings (SSSR count). The molecule has 2 aromatic rings. The van der Waals surface area contributed by atoms with Crippen LogP contribution in [-0.4, -0.2) is 97.5 Å². The minimum Gasteiger partial charge on any atom is -0.493 e. The zero-order valence-electron chi connectivity index (χ0n) is 21.6. The Labute approximate surface area is 227 Å². The van der Waals surface area contributed by atoms with E-state index in [4.69, 9.17) is 9.47 Å². The number of cyclic esters (lactones) is 1. The lowest BCUT2D eigenvalue weighted by atomic mass is 10.2. The maximum atomic E-state index is 15.1. The van der Waals surface area contributed by atoms with Gasteiger partial charge in [-0.25, -0.2) is 23.4 Å². The SMILES string of the molecule is CCOC(=O)NC[C@H]1CN(c2cc(F)c(N3CCN(C(=O)CNC(=O)c4ccc(O)nc4)CC3)c(F)c2)C(=O)O1. The number of rotatable bonds is 8. The molecule has 2 aliphatic rings. The molecule has 40 heavy (non-hydrogen) atoms. The Morgan fingerprint density at radius 3 is 2.45 bits per heavy atom. The standard InChI is InChI=1S/C25H28F2N6O7/c1-2-39-24(37)30-12-17-14-33(25(38)40-17)16-9-18(26)22(19(27)10-16)32-7-5-31(6-8-32)21(35)13-29-23(36)15-3-4-20(34)28-11-15/h3-4,9-11,17H,2,5-8,12-14H2,1H3,(H,28,34)(H,29,36)(H,30,37)/t17-/m0/s1. The number of amides is 4. The van der Waals surface area contributed by atoms with Crippen molar-refractivity contribution < 1.29 is 42.5 Å². The number of alkyl carbamates (subject to hydrolysis) is 1. The highest BCUT2D eigenvalue weighted by Crippen LogP contribution is 2.31. The van der Waals surface area contributed by atoms with Gasteiger partial charge in [0.15, 0.2) is 11.6 Å². The molecule has 1 aromatic carbocycles. The molecule has 0 bridgehead atoms. The number of anilines is 2. The number of halogens is 2. The van der Waals surface area contributed by atoms with E-state index in [2.05, 4.69) is 15.6 Å². The lowest BCUT2D eigenvalue weighted by Crippen LogP contribution is -2.51. The molecule has 1 aromatic heterocycles. The van der Waals surface area contributed by atoms with Crippen molar-refractivity contribution in [1.29, 1.82) is 0 Å². The van der Waals surface area contributed by atoms with Gasteiger partial charge in [0.2, 0.25) is 11.8 Å². The molecule has 15 heteroatoms. The monoisotopic (exact) mass is 562 g/mol. The fourth-order valence-electron chi connectivity index (χ4n) is 4.30. The Morgan fingerprint density at radius 2 is 1.82 bits per heavy atom. The van der Waals surface area contributed by atoms with E-state index in [-0.39, 0.29) is 81.1 Å². The van der Waals surface area contributed by atoms with Crippen molar-refractivity contribution in [3.8, 4) is 5.88 Å². The summed E-state index contributed by atoms with van der Waals surface area (Å²) in [7, 11) is 0. The van der Waals surface area contributed by atoms with Crippen molar-refractivity contribution in [2.45, 2.75) is 13.0 Å². The Morgan fingerprint density at radius 1 is 1.12 bits per heavy atom. The van der Waals surface area contributed by atoms with Gasteiger partial charge >= 0.3 is 12.2 Å². The molecule has 0 unspecified atom stereocenters. The molecule has 0 radical (unpaired) electrons. The zero-order valence-corrected chi connectivity index (χ0v) is 21.6. The Balaban J connectivity index is 1.30. The van der Waals surface area contributed by atoms with E-state index >= 15 is 8.78 Å². The Hall–Kier alpha value is -4.69. The predicted molar refractivity (Wildman–Crippen MR) is 136 cm³/mol. The van der Waals surface area contributed by atoms with Gasteiger partial charge in [0.1, 0.15) is 11.8 Å². The molecule has 0 aliphatic carbocycles. The van der Waals surface area contributed by atoms with Crippen molar-refractivity contribution >= 4 is 35.4 Å². The second kappa shape index (κ2) is 12.4. The van der Waals surface area contributed by atoms with Gasteiger partial charge in [0.25, 0.3) is 5.91 Å². The number of nitrogens with zero attached hydrogens (tertiary/aromatic N) is 4. The zero-order chi connectivity index (χ0) is 28.8. The molecule has 2 saturated heterocycles. The van der Waals surface area contributed by atoms with Gasteiger partial charge in [-0.05, 0) is 13.0 Å². The summed E-state index contributed by atoms with van der Waals surface area (Å²) in [5.74, 6) is -2.90. The van der Waals surface area contributed by atoms with E-state index in [1.165, 1.54) is 28.1 Å². The van der Waals surface area contributed by atoms with Gasteiger partial charge in [-0.1, -0.05) is 0 Å². The van der Waals surface area contributed by atoms with Crippen LogP contribution in [0.2, 0.25) is 0 Å². The van der Waals surface area contributed by atoms with E-state index in [0.29, 0.717) is 0 Å². The predicted octanol–water partition coefficient (Wildman–Crippen LogP) is 1.22. The molecule has 2 fully saturated rings. The molecule has 13 nitrogen and oxygen atoms in total. The van der Waals surface area contributed by atoms with Crippen molar-refractivity contribution in [2.24, 2.45) is 0 Å². The molecular formula is C25H28F2N6O7. The molecule has 0 saturated carbocycles. The highest BCUT2D eigenvalue weighted by Gasteiger charge is 2.34. The summed E-state index contributed by atoms with van der Waals surface area (Å²) in [6, 6.07) is 4.68. The number of aromatic hydroxyl groups is 1. The highest BCUT2D eigenvalue weighted by molar-refractivity contribution is 5.96. The third-order valence-electron chi connectivity index (χ3n) is 6.30. The van der Waals surface area contributed by atoms with Crippen LogP contribution in [0.1, 0.15) is 17.3 Å². The van der Waals surface area contributed by atoms with E-state index in [1.54, 1.807) is 6.92 Å². The first-order valence-corrected chi connectivity index (χ1v) is 12.5. The minimum absolute atomic E-state index is 0.0230. The molecule has 4 amide bonds. The minimum atomic E-state index is -0.884. The molecule has 2 aliphatic heterocycles.